The quantitative estimate of drug-likeness (QED) is 0.284. The zero-order valence-electron chi connectivity index (χ0n) is 15.8. The highest BCUT2D eigenvalue weighted by atomic mass is 127. The molecule has 0 radical (unpaired) electrons. The second-order valence-electron chi connectivity index (χ2n) is 5.97. The number of carbonyl (C=O) groups excluding carboxylic acids is 1. The number of amides is 1. The molecule has 142 valence electrons. The average molecular weight is 454 g/mol. The van der Waals surface area contributed by atoms with Gasteiger partial charge in [-0.25, -0.2) is 4.99 Å². The predicted octanol–water partition coefficient (Wildman–Crippen LogP) is 2.28. The van der Waals surface area contributed by atoms with Gasteiger partial charge in [0.05, 0.1) is 6.10 Å². The van der Waals surface area contributed by atoms with Crippen LogP contribution >= 0.6 is 24.0 Å². The molecule has 0 spiro atoms. The lowest BCUT2D eigenvalue weighted by atomic mass is 9.58. The largest absolute Gasteiger partial charge is 0.378 e. The van der Waals surface area contributed by atoms with Gasteiger partial charge in [0.15, 0.2) is 5.96 Å². The standard InChI is InChI=1S/C17H34N4O2.HI/c1-6-17(7-2)13(11-14(17)23-10-5)21-16(19-9-4)20-12-15(22)18-8-3;/h13-14H,6-12H2,1-5H3,(H,18,22)(H2,19,20,21);1H. The van der Waals surface area contributed by atoms with Gasteiger partial charge in [-0.2, -0.15) is 0 Å². The lowest BCUT2D eigenvalue weighted by Crippen LogP contribution is -2.65. The first-order chi connectivity index (χ1) is 11.1. The molecule has 0 aromatic rings. The monoisotopic (exact) mass is 454 g/mol. The van der Waals surface area contributed by atoms with Crippen molar-refractivity contribution in [2.75, 3.05) is 26.2 Å². The Balaban J connectivity index is 0.00000529. The van der Waals surface area contributed by atoms with Crippen LogP contribution in [0.2, 0.25) is 0 Å². The summed E-state index contributed by atoms with van der Waals surface area (Å²) >= 11 is 0. The van der Waals surface area contributed by atoms with Crippen molar-refractivity contribution in [3.05, 3.63) is 0 Å². The van der Waals surface area contributed by atoms with Crippen LogP contribution in [0.4, 0.5) is 0 Å². The molecule has 0 bridgehead atoms. The van der Waals surface area contributed by atoms with Crippen LogP contribution < -0.4 is 16.0 Å². The number of carbonyl (C=O) groups is 1. The molecule has 3 N–H and O–H groups in total. The number of ether oxygens (including phenoxy) is 1. The summed E-state index contributed by atoms with van der Waals surface area (Å²) in [6.45, 7) is 12.7. The van der Waals surface area contributed by atoms with Crippen molar-refractivity contribution >= 4 is 35.8 Å². The van der Waals surface area contributed by atoms with Gasteiger partial charge >= 0.3 is 0 Å². The number of nitrogens with one attached hydrogen (secondary N) is 3. The molecule has 1 saturated carbocycles. The third-order valence-electron chi connectivity index (χ3n) is 4.88. The van der Waals surface area contributed by atoms with Gasteiger partial charge in [-0.1, -0.05) is 13.8 Å². The van der Waals surface area contributed by atoms with E-state index in [9.17, 15) is 4.79 Å². The van der Waals surface area contributed by atoms with Crippen molar-refractivity contribution in [1.82, 2.24) is 16.0 Å². The Kier molecular flexibility index (Phi) is 11.6. The molecule has 1 fully saturated rings. The van der Waals surface area contributed by atoms with Gasteiger partial charge in [0, 0.05) is 31.2 Å². The fraction of sp³-hybridized carbons (Fsp3) is 0.882. The van der Waals surface area contributed by atoms with Crippen molar-refractivity contribution < 1.29 is 9.53 Å². The van der Waals surface area contributed by atoms with Crippen molar-refractivity contribution in [3.8, 4) is 0 Å². The zero-order chi connectivity index (χ0) is 17.3. The minimum Gasteiger partial charge on any atom is -0.378 e. The van der Waals surface area contributed by atoms with Crippen molar-refractivity contribution in [1.29, 1.82) is 0 Å². The lowest BCUT2D eigenvalue weighted by Gasteiger charge is -2.55. The topological polar surface area (TPSA) is 74.8 Å². The van der Waals surface area contributed by atoms with E-state index in [0.717, 1.165) is 32.4 Å². The molecular weight excluding hydrogens is 419 g/mol. The summed E-state index contributed by atoms with van der Waals surface area (Å²) in [5, 5.41) is 9.51. The first kappa shape index (κ1) is 23.4. The van der Waals surface area contributed by atoms with Gasteiger partial charge in [0.2, 0.25) is 5.91 Å². The second-order valence-corrected chi connectivity index (χ2v) is 5.97. The molecule has 2 atom stereocenters. The Morgan fingerprint density at radius 1 is 1.12 bits per heavy atom. The molecule has 0 aliphatic heterocycles. The number of aliphatic imine (C=N–C) groups is 1. The van der Waals surface area contributed by atoms with Gasteiger partial charge in [0.25, 0.3) is 0 Å². The SMILES string of the molecule is CCNC(=O)CN=C(NCC)NC1CC(OCC)C1(CC)CC.I. The van der Waals surface area contributed by atoms with E-state index in [1.807, 2.05) is 13.8 Å². The first-order valence-electron chi connectivity index (χ1n) is 9.00. The third-order valence-corrected chi connectivity index (χ3v) is 4.88. The van der Waals surface area contributed by atoms with Gasteiger partial charge < -0.3 is 20.7 Å². The number of hydrogen-bond donors (Lipinski definition) is 3. The van der Waals surface area contributed by atoms with Crippen molar-refractivity contribution in [2.24, 2.45) is 10.4 Å². The van der Waals surface area contributed by atoms with Crippen LogP contribution in [-0.4, -0.2) is 50.3 Å². The van der Waals surface area contributed by atoms with E-state index in [4.69, 9.17) is 4.74 Å². The summed E-state index contributed by atoms with van der Waals surface area (Å²) in [5.41, 5.74) is 0.151. The van der Waals surface area contributed by atoms with Crippen LogP contribution in [0.5, 0.6) is 0 Å². The highest BCUT2D eigenvalue weighted by Crippen LogP contribution is 2.48. The third kappa shape index (κ3) is 5.75. The maximum absolute atomic E-state index is 11.6. The summed E-state index contributed by atoms with van der Waals surface area (Å²) in [4.78, 5) is 16.0. The van der Waals surface area contributed by atoms with E-state index in [0.29, 0.717) is 24.7 Å². The molecule has 0 aromatic heterocycles. The van der Waals surface area contributed by atoms with Crippen LogP contribution in [0.3, 0.4) is 0 Å². The number of guanidine groups is 1. The number of halogens is 1. The number of likely N-dealkylation sites (N-methyl/N-ethyl adjacent to an activating group) is 1. The predicted molar refractivity (Wildman–Crippen MR) is 110 cm³/mol. The molecule has 1 amide bonds. The Morgan fingerprint density at radius 2 is 1.75 bits per heavy atom. The van der Waals surface area contributed by atoms with E-state index in [-0.39, 0.29) is 41.8 Å². The molecule has 2 unspecified atom stereocenters. The average Bonchev–Trinajstić information content (AvgIpc) is 2.53. The van der Waals surface area contributed by atoms with Crippen LogP contribution in [0.1, 0.15) is 53.9 Å². The summed E-state index contributed by atoms with van der Waals surface area (Å²) < 4.78 is 5.91. The molecule has 0 heterocycles. The normalized spacial score (nSPS) is 22.1. The van der Waals surface area contributed by atoms with Crippen LogP contribution in [0, 0.1) is 5.41 Å². The van der Waals surface area contributed by atoms with Gasteiger partial charge in [-0.3, -0.25) is 4.79 Å². The van der Waals surface area contributed by atoms with Gasteiger partial charge in [-0.05, 0) is 40.0 Å². The van der Waals surface area contributed by atoms with Crippen LogP contribution in [0.15, 0.2) is 4.99 Å². The second kappa shape index (κ2) is 11.9. The maximum atomic E-state index is 11.6. The summed E-state index contributed by atoms with van der Waals surface area (Å²) in [7, 11) is 0. The Bertz CT molecular complexity index is 400. The van der Waals surface area contributed by atoms with E-state index in [1.54, 1.807) is 0 Å². The molecule has 1 aliphatic carbocycles. The van der Waals surface area contributed by atoms with Crippen molar-refractivity contribution in [3.63, 3.8) is 0 Å². The summed E-state index contributed by atoms with van der Waals surface area (Å²) in [6, 6.07) is 0.334. The van der Waals surface area contributed by atoms with E-state index in [2.05, 4.69) is 41.7 Å². The molecule has 0 aromatic carbocycles. The lowest BCUT2D eigenvalue weighted by molar-refractivity contribution is -0.133. The minimum absolute atomic E-state index is 0. The molecular formula is C17H35IN4O2. The number of rotatable bonds is 9. The minimum atomic E-state index is -0.0530. The summed E-state index contributed by atoms with van der Waals surface area (Å²) in [5.74, 6) is 0.660. The highest BCUT2D eigenvalue weighted by Gasteiger charge is 2.53. The van der Waals surface area contributed by atoms with Gasteiger partial charge in [0.1, 0.15) is 6.54 Å². The molecule has 1 aliphatic rings. The number of nitrogens with zero attached hydrogens (tertiary/aromatic N) is 1. The van der Waals surface area contributed by atoms with Crippen LogP contribution in [-0.2, 0) is 9.53 Å². The fourth-order valence-corrected chi connectivity index (χ4v) is 3.47. The zero-order valence-corrected chi connectivity index (χ0v) is 18.1. The molecule has 1 rings (SSSR count). The van der Waals surface area contributed by atoms with Crippen LogP contribution in [0.25, 0.3) is 0 Å². The maximum Gasteiger partial charge on any atom is 0.241 e. The van der Waals surface area contributed by atoms with E-state index in [1.165, 1.54) is 0 Å². The molecule has 0 saturated heterocycles. The molecule has 24 heavy (non-hydrogen) atoms. The Morgan fingerprint density at radius 3 is 2.25 bits per heavy atom. The van der Waals surface area contributed by atoms with Crippen molar-refractivity contribution in [2.45, 2.75) is 66.0 Å². The van der Waals surface area contributed by atoms with E-state index < -0.39 is 0 Å². The summed E-state index contributed by atoms with van der Waals surface area (Å²) in [6.07, 6.45) is 3.44. The Hall–Kier alpha value is -0.570. The van der Waals surface area contributed by atoms with E-state index >= 15 is 0 Å². The molecule has 7 heteroatoms. The number of hydrogen-bond acceptors (Lipinski definition) is 3. The highest BCUT2D eigenvalue weighted by molar-refractivity contribution is 14.0. The smallest absolute Gasteiger partial charge is 0.241 e. The molecule has 6 nitrogen and oxygen atoms in total. The Labute approximate surface area is 164 Å². The van der Waals surface area contributed by atoms with Gasteiger partial charge in [-0.15, -0.1) is 24.0 Å². The fourth-order valence-electron chi connectivity index (χ4n) is 3.47. The first-order valence-corrected chi connectivity index (χ1v) is 9.00.